The van der Waals surface area contributed by atoms with Crippen molar-refractivity contribution in [3.05, 3.63) is 71.9 Å². The van der Waals surface area contributed by atoms with Crippen molar-refractivity contribution in [1.82, 2.24) is 47.5 Å². The highest BCUT2D eigenvalue weighted by Gasteiger charge is 2.34. The van der Waals surface area contributed by atoms with Crippen molar-refractivity contribution in [3.8, 4) is 0 Å². The molecule has 4 rings (SSSR count). The lowest BCUT2D eigenvalue weighted by atomic mass is 10.0. The zero-order valence-electron chi connectivity index (χ0n) is 41.1. The molecule has 1 aliphatic heterocycles. The Morgan fingerprint density at radius 2 is 1.36 bits per heavy atom. The van der Waals surface area contributed by atoms with E-state index in [9.17, 15) is 43.2 Å². The number of nitrogens with two attached hydrogens (primary N) is 4. The highest BCUT2D eigenvalue weighted by Crippen LogP contribution is 2.20. The van der Waals surface area contributed by atoms with Gasteiger partial charge in [-0.3, -0.25) is 48.1 Å². The van der Waals surface area contributed by atoms with Crippen LogP contribution in [0, 0.1) is 0 Å². The van der Waals surface area contributed by atoms with Gasteiger partial charge >= 0.3 is 0 Å². The monoisotopic (exact) mass is 1000 g/mol. The number of nitrogens with zero attached hydrogens (tertiary/aromatic N) is 1. The molecular formula is C49H72N14O9. The number of primary amides is 1. The molecule has 0 spiro atoms. The van der Waals surface area contributed by atoms with Gasteiger partial charge < -0.3 is 70.5 Å². The topological polar surface area (TPSA) is 382 Å². The standard InChI is InChI=1S/C49H72N14O9/c1-3-4-16-35(57-29(2)64)43(67)60-37-20-21-41(65)54-24-11-10-18-34(42(51)66)58-48(72)40(27-31-28-56-33-17-9-8-15-32(31)33)63-44(68)36(19-12-25-55-49(52)53)59-47(71)39(26-30-13-6-5-7-14-30)62-46(70)38(22-23-50)61-45(37)69/h5-9,13-15,17,28,34-40,56H,3-4,10-12,16,18-27,50H2,1-2H3,(H2,51,66)(H,54,65)(H,57,64)(H,58,72)(H,59,71)(H,60,67)(H,61,69)(H,62,70)(H,63,68)(H4,52,53,55)/t34-,35-,36-,37-,38-,39+,40-/m0/s1. The highest BCUT2D eigenvalue weighted by molar-refractivity contribution is 5.98. The molecule has 392 valence electrons. The van der Waals surface area contributed by atoms with Gasteiger partial charge in [-0.25, -0.2) is 0 Å². The smallest absolute Gasteiger partial charge is 0.243 e. The van der Waals surface area contributed by atoms with Gasteiger partial charge in [0.05, 0.1) is 0 Å². The van der Waals surface area contributed by atoms with E-state index >= 15 is 0 Å². The van der Waals surface area contributed by atoms with Crippen LogP contribution >= 0.6 is 0 Å². The van der Waals surface area contributed by atoms with Crippen LogP contribution in [0.4, 0.5) is 0 Å². The maximum Gasteiger partial charge on any atom is 0.243 e. The molecule has 9 amide bonds. The van der Waals surface area contributed by atoms with E-state index < -0.39 is 95.5 Å². The van der Waals surface area contributed by atoms with Gasteiger partial charge in [0.25, 0.3) is 0 Å². The van der Waals surface area contributed by atoms with E-state index in [2.05, 4.69) is 52.5 Å². The number of unbranched alkanes of at least 4 members (excludes halogenated alkanes) is 1. The Bertz CT molecular complexity index is 2360. The van der Waals surface area contributed by atoms with Crippen LogP contribution in [0.5, 0.6) is 0 Å². The molecule has 1 saturated heterocycles. The minimum Gasteiger partial charge on any atom is -0.370 e. The van der Waals surface area contributed by atoms with Crippen LogP contribution in [0.1, 0.15) is 95.6 Å². The molecule has 1 aromatic heterocycles. The molecule has 17 N–H and O–H groups in total. The van der Waals surface area contributed by atoms with Crippen molar-refractivity contribution in [1.29, 1.82) is 0 Å². The number of amides is 9. The number of hydrogen-bond donors (Lipinski definition) is 13. The van der Waals surface area contributed by atoms with Gasteiger partial charge in [0.1, 0.15) is 42.3 Å². The molecule has 0 saturated carbocycles. The summed E-state index contributed by atoms with van der Waals surface area (Å²) in [5.74, 6) is -6.63. The van der Waals surface area contributed by atoms with Gasteiger partial charge in [0.15, 0.2) is 5.96 Å². The quantitative estimate of drug-likeness (QED) is 0.0419. The summed E-state index contributed by atoms with van der Waals surface area (Å²) in [7, 11) is 0. The lowest BCUT2D eigenvalue weighted by Gasteiger charge is -2.28. The van der Waals surface area contributed by atoms with Crippen LogP contribution < -0.4 is 65.5 Å². The minimum absolute atomic E-state index is 0.0393. The normalized spacial score (nSPS) is 21.8. The second-order valence-corrected chi connectivity index (χ2v) is 17.8. The average molecular weight is 1000 g/mol. The first kappa shape index (κ1) is 57.0. The van der Waals surface area contributed by atoms with Crippen LogP contribution in [0.25, 0.3) is 10.9 Å². The molecule has 1 fully saturated rings. The zero-order chi connectivity index (χ0) is 52.6. The van der Waals surface area contributed by atoms with Crippen molar-refractivity contribution in [3.63, 3.8) is 0 Å². The van der Waals surface area contributed by atoms with E-state index in [0.29, 0.717) is 36.8 Å². The van der Waals surface area contributed by atoms with Gasteiger partial charge in [-0.15, -0.1) is 0 Å². The third kappa shape index (κ3) is 19.0. The highest BCUT2D eigenvalue weighted by atomic mass is 16.2. The molecule has 7 atom stereocenters. The summed E-state index contributed by atoms with van der Waals surface area (Å²) >= 11 is 0. The summed E-state index contributed by atoms with van der Waals surface area (Å²) in [5.41, 5.74) is 24.9. The van der Waals surface area contributed by atoms with E-state index in [1.165, 1.54) is 6.92 Å². The summed E-state index contributed by atoms with van der Waals surface area (Å²) < 4.78 is 0. The van der Waals surface area contributed by atoms with Crippen molar-refractivity contribution in [2.45, 2.75) is 140 Å². The fourth-order valence-electron chi connectivity index (χ4n) is 8.17. The number of carbonyl (C=O) groups is 9. The van der Waals surface area contributed by atoms with Crippen LogP contribution in [0.3, 0.4) is 0 Å². The number of hydrogen-bond acceptors (Lipinski definition) is 11. The zero-order valence-corrected chi connectivity index (χ0v) is 41.1. The number of fused-ring (bicyclic) bond motifs is 1. The lowest BCUT2D eigenvalue weighted by molar-refractivity contribution is -0.136. The maximum absolute atomic E-state index is 14.5. The van der Waals surface area contributed by atoms with Gasteiger partial charge in [-0.2, -0.15) is 0 Å². The summed E-state index contributed by atoms with van der Waals surface area (Å²) in [6.45, 7) is 3.29. The second kappa shape index (κ2) is 29.6. The Kier molecular flexibility index (Phi) is 23.4. The first-order valence-corrected chi connectivity index (χ1v) is 24.5. The van der Waals surface area contributed by atoms with Gasteiger partial charge in [0, 0.05) is 56.4 Å². The number of aliphatic imine (C=N–C) groups is 1. The van der Waals surface area contributed by atoms with E-state index in [1.807, 2.05) is 31.2 Å². The summed E-state index contributed by atoms with van der Waals surface area (Å²) in [4.78, 5) is 131. The summed E-state index contributed by atoms with van der Waals surface area (Å²) in [6.07, 6.45) is 3.43. The number of H-pyrrole nitrogens is 1. The largest absolute Gasteiger partial charge is 0.370 e. The number of benzene rings is 2. The molecule has 23 nitrogen and oxygen atoms in total. The second-order valence-electron chi connectivity index (χ2n) is 17.8. The Morgan fingerprint density at radius 3 is 2.03 bits per heavy atom. The first-order valence-electron chi connectivity index (χ1n) is 24.5. The molecule has 23 heteroatoms. The first-order chi connectivity index (χ1) is 34.5. The van der Waals surface area contributed by atoms with E-state index in [1.54, 1.807) is 36.5 Å². The molecule has 0 bridgehead atoms. The Labute approximate surface area is 418 Å². The summed E-state index contributed by atoms with van der Waals surface area (Å²) in [5, 5.41) is 22.4. The molecule has 0 aliphatic carbocycles. The molecule has 2 aromatic carbocycles. The fraction of sp³-hybridized carbons (Fsp3) is 0.510. The number of carbonyl (C=O) groups excluding carboxylic acids is 9. The molecule has 0 radical (unpaired) electrons. The van der Waals surface area contributed by atoms with E-state index in [0.717, 1.165) is 10.9 Å². The van der Waals surface area contributed by atoms with Crippen LogP contribution in [0.15, 0.2) is 65.8 Å². The molecule has 3 aromatic rings. The fourth-order valence-corrected chi connectivity index (χ4v) is 8.17. The number of nitrogens with one attached hydrogen (secondary N) is 9. The Balaban J connectivity index is 1.75. The number of rotatable bonds is 17. The molecule has 1 aliphatic rings. The Morgan fingerprint density at radius 1 is 0.736 bits per heavy atom. The van der Waals surface area contributed by atoms with Crippen molar-refractivity contribution >= 4 is 70.0 Å². The molecule has 2 heterocycles. The average Bonchev–Trinajstić information content (AvgIpc) is 3.75. The molecular weight excluding hydrogens is 929 g/mol. The number of para-hydroxylation sites is 1. The lowest BCUT2D eigenvalue weighted by Crippen LogP contribution is -2.60. The molecule has 0 unspecified atom stereocenters. The van der Waals surface area contributed by atoms with Crippen molar-refractivity contribution < 1.29 is 43.2 Å². The van der Waals surface area contributed by atoms with E-state index in [-0.39, 0.29) is 83.4 Å². The Hall–Kier alpha value is -7.56. The van der Waals surface area contributed by atoms with E-state index in [4.69, 9.17) is 22.9 Å². The minimum atomic E-state index is -1.37. The van der Waals surface area contributed by atoms with Crippen molar-refractivity contribution in [2.24, 2.45) is 27.9 Å². The third-order valence-electron chi connectivity index (χ3n) is 12.0. The van der Waals surface area contributed by atoms with Gasteiger partial charge in [-0.1, -0.05) is 68.3 Å². The predicted molar refractivity (Wildman–Crippen MR) is 270 cm³/mol. The van der Waals surface area contributed by atoms with Gasteiger partial charge in [0.2, 0.25) is 53.2 Å². The van der Waals surface area contributed by atoms with Crippen molar-refractivity contribution in [2.75, 3.05) is 19.6 Å². The number of guanidine groups is 1. The summed E-state index contributed by atoms with van der Waals surface area (Å²) in [6, 6.07) is 7.14. The third-order valence-corrected chi connectivity index (χ3v) is 12.0. The van der Waals surface area contributed by atoms with Crippen LogP contribution in [0.2, 0.25) is 0 Å². The van der Waals surface area contributed by atoms with Crippen LogP contribution in [-0.2, 0) is 56.0 Å². The van der Waals surface area contributed by atoms with Gasteiger partial charge in [-0.05, 0) is 75.1 Å². The maximum atomic E-state index is 14.5. The molecule has 72 heavy (non-hydrogen) atoms. The van der Waals surface area contributed by atoms with Crippen LogP contribution in [-0.4, -0.2) is 126 Å². The number of aromatic nitrogens is 1. The SMILES string of the molecule is CCCC[C@H](NC(C)=O)C(=O)N[C@H]1CCC(=O)NCCCC[C@@H](C(N)=O)NC(=O)[C@H](Cc2c[nH]c3ccccc23)NC(=O)[C@H](CCCN=C(N)N)NC(=O)[C@@H](Cc2ccccc2)NC(=O)[C@H](CCN)NC1=O. The number of aromatic amines is 1. The predicted octanol–water partition coefficient (Wildman–Crippen LogP) is -1.48.